The quantitative estimate of drug-likeness (QED) is 0.720. The molecule has 1 aliphatic carbocycles. The fourth-order valence-electron chi connectivity index (χ4n) is 4.82. The first-order valence-corrected chi connectivity index (χ1v) is 9.08. The van der Waals surface area contributed by atoms with Crippen molar-refractivity contribution in [2.45, 2.75) is 78.8 Å². The van der Waals surface area contributed by atoms with Crippen molar-refractivity contribution in [1.29, 1.82) is 0 Å². The highest BCUT2D eigenvalue weighted by Crippen LogP contribution is 2.52. The molecular formula is C19H36N2. The van der Waals surface area contributed by atoms with Crippen LogP contribution in [0.3, 0.4) is 0 Å². The Hall–Kier alpha value is -0.0800. The number of nitrogens with zero attached hydrogens (tertiary/aromatic N) is 2. The van der Waals surface area contributed by atoms with Gasteiger partial charge in [0.05, 0.1) is 0 Å². The minimum atomic E-state index is 0.376. The van der Waals surface area contributed by atoms with E-state index < -0.39 is 0 Å². The molecule has 0 aromatic carbocycles. The van der Waals surface area contributed by atoms with Crippen LogP contribution in [0.4, 0.5) is 0 Å². The molecule has 2 heteroatoms. The van der Waals surface area contributed by atoms with E-state index in [0.29, 0.717) is 16.4 Å². The van der Waals surface area contributed by atoms with Gasteiger partial charge in [-0.2, -0.15) is 0 Å². The molecule has 2 aliphatic heterocycles. The fraction of sp³-hybridized carbons (Fsp3) is 1.00. The SMILES string of the molecule is CC(C)(C)C1CCN(C2CC3(C2)CN(C(C)(C)C)C3)CC1. The molecule has 3 fully saturated rings. The molecule has 2 nitrogen and oxygen atoms in total. The van der Waals surface area contributed by atoms with Gasteiger partial charge in [-0.05, 0) is 76.3 Å². The van der Waals surface area contributed by atoms with E-state index in [-0.39, 0.29) is 0 Å². The fourth-order valence-corrected chi connectivity index (χ4v) is 4.82. The van der Waals surface area contributed by atoms with E-state index in [0.717, 1.165) is 12.0 Å². The first-order valence-electron chi connectivity index (χ1n) is 9.08. The summed E-state index contributed by atoms with van der Waals surface area (Å²) < 4.78 is 0. The largest absolute Gasteiger partial charge is 0.300 e. The first-order chi connectivity index (χ1) is 9.59. The minimum absolute atomic E-state index is 0.376. The van der Waals surface area contributed by atoms with E-state index in [1.54, 1.807) is 0 Å². The molecule has 1 spiro atoms. The molecule has 0 unspecified atom stereocenters. The molecule has 3 rings (SSSR count). The van der Waals surface area contributed by atoms with E-state index in [1.807, 2.05) is 0 Å². The van der Waals surface area contributed by atoms with Crippen LogP contribution in [0.1, 0.15) is 67.2 Å². The highest BCUT2D eigenvalue weighted by molar-refractivity contribution is 5.09. The molecule has 0 N–H and O–H groups in total. The Bertz CT molecular complexity index is 365. The normalized spacial score (nSPS) is 29.4. The van der Waals surface area contributed by atoms with Crippen LogP contribution in [0.5, 0.6) is 0 Å². The Labute approximate surface area is 132 Å². The number of likely N-dealkylation sites (tertiary alicyclic amines) is 2. The topological polar surface area (TPSA) is 6.48 Å². The van der Waals surface area contributed by atoms with Crippen LogP contribution >= 0.6 is 0 Å². The summed E-state index contributed by atoms with van der Waals surface area (Å²) in [6.45, 7) is 19.7. The first kappa shape index (κ1) is 15.8. The maximum Gasteiger partial charge on any atom is 0.0125 e. The van der Waals surface area contributed by atoms with Gasteiger partial charge in [0, 0.05) is 24.7 Å². The van der Waals surface area contributed by atoms with Crippen LogP contribution < -0.4 is 0 Å². The van der Waals surface area contributed by atoms with Gasteiger partial charge >= 0.3 is 0 Å². The third-order valence-corrected chi connectivity index (χ3v) is 6.61. The van der Waals surface area contributed by atoms with E-state index in [4.69, 9.17) is 0 Å². The number of rotatable bonds is 1. The van der Waals surface area contributed by atoms with Crippen LogP contribution in [0.2, 0.25) is 0 Å². The molecule has 21 heavy (non-hydrogen) atoms. The second-order valence-corrected chi connectivity index (χ2v) is 10.3. The Balaban J connectivity index is 1.43. The summed E-state index contributed by atoms with van der Waals surface area (Å²) in [6.07, 6.45) is 5.78. The van der Waals surface area contributed by atoms with Gasteiger partial charge in [0.1, 0.15) is 0 Å². The van der Waals surface area contributed by atoms with Crippen molar-refractivity contribution >= 4 is 0 Å². The highest BCUT2D eigenvalue weighted by atomic mass is 15.3. The zero-order chi connectivity index (χ0) is 15.5. The summed E-state index contributed by atoms with van der Waals surface area (Å²) in [5.74, 6) is 0.933. The van der Waals surface area contributed by atoms with Crippen molar-refractivity contribution in [3.8, 4) is 0 Å². The van der Waals surface area contributed by atoms with Crippen LogP contribution in [-0.2, 0) is 0 Å². The summed E-state index contributed by atoms with van der Waals surface area (Å²) in [7, 11) is 0. The molecule has 122 valence electrons. The van der Waals surface area contributed by atoms with Crippen LogP contribution in [0.25, 0.3) is 0 Å². The zero-order valence-electron chi connectivity index (χ0n) is 15.2. The lowest BCUT2D eigenvalue weighted by Gasteiger charge is -2.64. The molecule has 0 aromatic rings. The van der Waals surface area contributed by atoms with Gasteiger partial charge < -0.3 is 4.90 Å². The van der Waals surface area contributed by atoms with Crippen molar-refractivity contribution in [3.63, 3.8) is 0 Å². The van der Waals surface area contributed by atoms with Gasteiger partial charge in [-0.1, -0.05) is 20.8 Å². The summed E-state index contributed by atoms with van der Waals surface area (Å²) in [4.78, 5) is 5.47. The summed E-state index contributed by atoms with van der Waals surface area (Å²) >= 11 is 0. The van der Waals surface area contributed by atoms with Crippen LogP contribution in [0, 0.1) is 16.7 Å². The molecule has 3 aliphatic rings. The van der Waals surface area contributed by atoms with E-state index in [1.165, 1.54) is 51.9 Å². The molecule has 1 saturated carbocycles. The lowest BCUT2D eigenvalue weighted by molar-refractivity contribution is -0.143. The van der Waals surface area contributed by atoms with Gasteiger partial charge in [-0.25, -0.2) is 0 Å². The maximum absolute atomic E-state index is 2.81. The average Bonchev–Trinajstić information content (AvgIpc) is 2.22. The second-order valence-electron chi connectivity index (χ2n) is 10.3. The predicted octanol–water partition coefficient (Wildman–Crippen LogP) is 4.01. The Morgan fingerprint density at radius 2 is 1.38 bits per heavy atom. The Morgan fingerprint density at radius 1 is 0.857 bits per heavy atom. The van der Waals surface area contributed by atoms with E-state index in [9.17, 15) is 0 Å². The van der Waals surface area contributed by atoms with Crippen molar-refractivity contribution in [2.24, 2.45) is 16.7 Å². The third-order valence-electron chi connectivity index (χ3n) is 6.61. The van der Waals surface area contributed by atoms with Crippen molar-refractivity contribution in [3.05, 3.63) is 0 Å². The summed E-state index contributed by atoms with van der Waals surface area (Å²) in [5, 5.41) is 0. The minimum Gasteiger partial charge on any atom is -0.300 e. The van der Waals surface area contributed by atoms with E-state index in [2.05, 4.69) is 51.3 Å². The third kappa shape index (κ3) is 3.03. The predicted molar refractivity (Wildman–Crippen MR) is 90.5 cm³/mol. The molecule has 0 aromatic heterocycles. The second kappa shape index (κ2) is 4.96. The Morgan fingerprint density at radius 3 is 1.81 bits per heavy atom. The van der Waals surface area contributed by atoms with Gasteiger partial charge in [-0.3, -0.25) is 4.90 Å². The molecule has 2 saturated heterocycles. The molecule has 2 heterocycles. The van der Waals surface area contributed by atoms with Crippen LogP contribution in [-0.4, -0.2) is 47.6 Å². The molecular weight excluding hydrogens is 256 g/mol. The van der Waals surface area contributed by atoms with E-state index >= 15 is 0 Å². The van der Waals surface area contributed by atoms with Crippen molar-refractivity contribution in [2.75, 3.05) is 26.2 Å². The lowest BCUT2D eigenvalue weighted by atomic mass is 9.59. The smallest absolute Gasteiger partial charge is 0.0125 e. The number of piperidine rings is 1. The monoisotopic (exact) mass is 292 g/mol. The Kier molecular flexibility index (Phi) is 3.73. The van der Waals surface area contributed by atoms with Gasteiger partial charge in [0.2, 0.25) is 0 Å². The van der Waals surface area contributed by atoms with Gasteiger partial charge in [0.25, 0.3) is 0 Å². The molecule has 0 atom stereocenters. The zero-order valence-corrected chi connectivity index (χ0v) is 15.2. The number of hydrogen-bond donors (Lipinski definition) is 0. The number of hydrogen-bond acceptors (Lipinski definition) is 2. The molecule has 0 amide bonds. The summed E-state index contributed by atoms with van der Waals surface area (Å²) in [6, 6.07) is 0.910. The average molecular weight is 293 g/mol. The standard InChI is InChI=1S/C19H36N2/c1-17(2,3)15-7-9-20(10-8-15)16-11-19(12-16)13-21(14-19)18(4,5)6/h15-16H,7-14H2,1-6H3. The summed E-state index contributed by atoms with van der Waals surface area (Å²) in [5.41, 5.74) is 1.59. The highest BCUT2D eigenvalue weighted by Gasteiger charge is 2.55. The molecule has 0 radical (unpaired) electrons. The van der Waals surface area contributed by atoms with Crippen molar-refractivity contribution in [1.82, 2.24) is 9.80 Å². The molecule has 0 bridgehead atoms. The maximum atomic E-state index is 2.81. The van der Waals surface area contributed by atoms with Crippen LogP contribution in [0.15, 0.2) is 0 Å². The van der Waals surface area contributed by atoms with Gasteiger partial charge in [-0.15, -0.1) is 0 Å². The van der Waals surface area contributed by atoms with Gasteiger partial charge in [0.15, 0.2) is 0 Å². The lowest BCUT2D eigenvalue weighted by Crippen LogP contribution is -2.70. The van der Waals surface area contributed by atoms with Crippen molar-refractivity contribution < 1.29 is 0 Å².